The fourth-order valence-electron chi connectivity index (χ4n) is 4.44. The van der Waals surface area contributed by atoms with Crippen molar-refractivity contribution in [2.75, 3.05) is 17.2 Å². The maximum absolute atomic E-state index is 13.8. The second-order valence-electron chi connectivity index (χ2n) is 10.5. The molecule has 0 radical (unpaired) electrons. The number of hydrogen-bond acceptors (Lipinski definition) is 4. The molecule has 0 aliphatic carbocycles. The number of hydrogen-bond donors (Lipinski definition) is 1. The summed E-state index contributed by atoms with van der Waals surface area (Å²) in [7, 11) is 0. The van der Waals surface area contributed by atoms with Crippen LogP contribution in [0.4, 0.5) is 10.2 Å². The van der Waals surface area contributed by atoms with Crippen LogP contribution in [0.3, 0.4) is 0 Å². The van der Waals surface area contributed by atoms with Crippen molar-refractivity contribution in [3.05, 3.63) is 76.7 Å². The molecule has 0 spiro atoms. The average molecular weight is 509 g/mol. The lowest BCUT2D eigenvalue weighted by molar-refractivity contribution is -0.123. The summed E-state index contributed by atoms with van der Waals surface area (Å²) in [6.45, 7) is 12.0. The average Bonchev–Trinajstić information content (AvgIpc) is 3.12. The summed E-state index contributed by atoms with van der Waals surface area (Å²) in [4.78, 5) is 28.0. The number of fused-ring (bicyclic) bond motifs is 1. The molecule has 1 atom stereocenters. The molecule has 2 heterocycles. The predicted octanol–water partition coefficient (Wildman–Crippen LogP) is 5.31. The van der Waals surface area contributed by atoms with E-state index in [0.717, 1.165) is 22.4 Å². The molecule has 6 nitrogen and oxygen atoms in total. The molecule has 1 aliphatic rings. The van der Waals surface area contributed by atoms with Gasteiger partial charge in [-0.1, -0.05) is 50.6 Å². The van der Waals surface area contributed by atoms with Crippen LogP contribution in [0.1, 0.15) is 62.3 Å². The number of nitrogens with zero attached hydrogens (tertiary/aromatic N) is 3. The van der Waals surface area contributed by atoms with Gasteiger partial charge in [-0.15, -0.1) is 11.8 Å². The van der Waals surface area contributed by atoms with Gasteiger partial charge in [-0.3, -0.25) is 14.5 Å². The number of anilines is 1. The Labute approximate surface area is 216 Å². The highest BCUT2D eigenvalue weighted by molar-refractivity contribution is 8.00. The molecule has 0 bridgehead atoms. The number of rotatable bonds is 5. The van der Waals surface area contributed by atoms with Crippen molar-refractivity contribution in [1.82, 2.24) is 15.1 Å². The second-order valence-corrected chi connectivity index (χ2v) is 11.6. The van der Waals surface area contributed by atoms with Crippen LogP contribution in [0, 0.1) is 12.7 Å². The zero-order valence-electron chi connectivity index (χ0n) is 21.6. The molecule has 4 rings (SSSR count). The van der Waals surface area contributed by atoms with Crippen molar-refractivity contribution < 1.29 is 14.0 Å². The van der Waals surface area contributed by atoms with E-state index in [9.17, 15) is 14.0 Å². The number of halogens is 1. The van der Waals surface area contributed by atoms with Crippen molar-refractivity contribution in [3.8, 4) is 5.69 Å². The van der Waals surface area contributed by atoms with Gasteiger partial charge in [0, 0.05) is 17.0 Å². The number of aromatic nitrogens is 2. The van der Waals surface area contributed by atoms with Crippen molar-refractivity contribution in [2.24, 2.45) is 0 Å². The van der Waals surface area contributed by atoms with Crippen molar-refractivity contribution in [3.63, 3.8) is 0 Å². The third kappa shape index (κ3) is 5.33. The molecule has 0 unspecified atom stereocenters. The zero-order valence-corrected chi connectivity index (χ0v) is 22.4. The first-order chi connectivity index (χ1) is 17.0. The minimum atomic E-state index is -0.356. The van der Waals surface area contributed by atoms with Crippen LogP contribution in [0.2, 0.25) is 0 Å². The molecule has 3 aromatic rings. The maximum atomic E-state index is 13.8. The van der Waals surface area contributed by atoms with Gasteiger partial charge in [-0.25, -0.2) is 9.07 Å². The lowest BCUT2D eigenvalue weighted by Crippen LogP contribution is -2.44. The van der Waals surface area contributed by atoms with Crippen molar-refractivity contribution >= 4 is 29.4 Å². The Morgan fingerprint density at radius 3 is 2.50 bits per heavy atom. The number of benzene rings is 2. The Balaban J connectivity index is 2.01. The number of nitrogens with one attached hydrogen (secondary N) is 1. The van der Waals surface area contributed by atoms with Crippen LogP contribution in [0.15, 0.2) is 48.5 Å². The van der Waals surface area contributed by atoms with Crippen LogP contribution < -0.4 is 10.2 Å². The third-order valence-corrected chi connectivity index (χ3v) is 7.22. The van der Waals surface area contributed by atoms with Gasteiger partial charge < -0.3 is 5.32 Å². The van der Waals surface area contributed by atoms with Gasteiger partial charge in [0.25, 0.3) is 0 Å². The van der Waals surface area contributed by atoms with Crippen LogP contribution in [0.5, 0.6) is 0 Å². The Hall–Kier alpha value is -3.13. The fourth-order valence-corrected chi connectivity index (χ4v) is 5.63. The molecule has 0 fully saturated rings. The topological polar surface area (TPSA) is 67.2 Å². The van der Waals surface area contributed by atoms with E-state index in [-0.39, 0.29) is 46.6 Å². The molecule has 1 aromatic heterocycles. The van der Waals surface area contributed by atoms with Gasteiger partial charge >= 0.3 is 0 Å². The molecule has 1 aliphatic heterocycles. The van der Waals surface area contributed by atoms with Crippen LogP contribution >= 0.6 is 11.8 Å². The molecule has 2 amide bonds. The highest BCUT2D eigenvalue weighted by Crippen LogP contribution is 2.48. The van der Waals surface area contributed by atoms with E-state index in [1.165, 1.54) is 12.1 Å². The van der Waals surface area contributed by atoms with E-state index in [2.05, 4.69) is 38.2 Å². The molecular formula is C28H33FN4O2S. The van der Waals surface area contributed by atoms with Gasteiger partial charge in [0.05, 0.1) is 22.4 Å². The van der Waals surface area contributed by atoms with Crippen LogP contribution in [0.25, 0.3) is 5.69 Å². The summed E-state index contributed by atoms with van der Waals surface area (Å²) < 4.78 is 15.5. The summed E-state index contributed by atoms with van der Waals surface area (Å²) in [6, 6.07) is 14.3. The van der Waals surface area contributed by atoms with Crippen molar-refractivity contribution in [1.29, 1.82) is 0 Å². The van der Waals surface area contributed by atoms with Gasteiger partial charge in [0.15, 0.2) is 0 Å². The number of aryl methyl sites for hydroxylation is 1. The Kier molecular flexibility index (Phi) is 7.27. The molecule has 1 N–H and O–H groups in total. The molecule has 0 saturated carbocycles. The van der Waals surface area contributed by atoms with Gasteiger partial charge in [0.1, 0.15) is 18.2 Å². The molecule has 36 heavy (non-hydrogen) atoms. The monoisotopic (exact) mass is 508 g/mol. The molecular weight excluding hydrogens is 475 g/mol. The SMILES string of the molecule is Cc1cccc([C@@H]2SCC(=O)N(CC(=O)NC(C)C)c3c2c(C(C)(C)C)nn3-c2ccc(F)cc2)c1. The number of carbonyl (C=O) groups is 2. The summed E-state index contributed by atoms with van der Waals surface area (Å²) in [5.74, 6) is 0.0128. The quantitative estimate of drug-likeness (QED) is 0.507. The Morgan fingerprint density at radius 2 is 1.89 bits per heavy atom. The molecule has 2 aromatic carbocycles. The first kappa shape index (κ1) is 25.9. The number of amides is 2. The van der Waals surface area contributed by atoms with Crippen molar-refractivity contribution in [2.45, 2.75) is 58.2 Å². The third-order valence-electron chi connectivity index (χ3n) is 5.97. The summed E-state index contributed by atoms with van der Waals surface area (Å²) >= 11 is 1.55. The second kappa shape index (κ2) is 10.1. The highest BCUT2D eigenvalue weighted by atomic mass is 32.2. The summed E-state index contributed by atoms with van der Waals surface area (Å²) in [5, 5.41) is 7.75. The lowest BCUT2D eigenvalue weighted by Gasteiger charge is -2.25. The zero-order chi connectivity index (χ0) is 26.2. The van der Waals surface area contributed by atoms with E-state index in [1.807, 2.05) is 32.9 Å². The largest absolute Gasteiger partial charge is 0.352 e. The Bertz CT molecular complexity index is 1280. The van der Waals surface area contributed by atoms with E-state index in [0.29, 0.717) is 11.5 Å². The Morgan fingerprint density at radius 1 is 1.19 bits per heavy atom. The normalized spacial score (nSPS) is 16.2. The van der Waals surface area contributed by atoms with E-state index < -0.39 is 0 Å². The summed E-state index contributed by atoms with van der Waals surface area (Å²) in [5.41, 5.74) is 4.22. The standard InChI is InChI=1S/C28H33FN4O2S/c1-17(2)30-22(34)15-32-23(35)16-36-25(19-9-7-8-18(3)14-19)24-26(28(4,5)6)31-33(27(24)32)21-12-10-20(29)11-13-21/h7-14,17,25H,15-16H2,1-6H3,(H,30,34)/t25-/m0/s1. The summed E-state index contributed by atoms with van der Waals surface area (Å²) in [6.07, 6.45) is 0. The van der Waals surface area contributed by atoms with Gasteiger partial charge in [0.2, 0.25) is 11.8 Å². The molecule has 0 saturated heterocycles. The fraction of sp³-hybridized carbons (Fsp3) is 0.393. The van der Waals surface area contributed by atoms with Gasteiger partial charge in [-0.05, 0) is 50.6 Å². The molecule has 8 heteroatoms. The number of thioether (sulfide) groups is 1. The number of carbonyl (C=O) groups excluding carboxylic acids is 2. The van der Waals surface area contributed by atoms with Gasteiger partial charge in [-0.2, -0.15) is 5.10 Å². The minimum absolute atomic E-state index is 0.0550. The first-order valence-electron chi connectivity index (χ1n) is 12.1. The highest BCUT2D eigenvalue weighted by Gasteiger charge is 2.40. The maximum Gasteiger partial charge on any atom is 0.240 e. The van der Waals surface area contributed by atoms with E-state index in [4.69, 9.17) is 5.10 Å². The van der Waals surface area contributed by atoms with E-state index in [1.54, 1.807) is 33.5 Å². The smallest absolute Gasteiger partial charge is 0.240 e. The van der Waals surface area contributed by atoms with Crippen LogP contribution in [-0.4, -0.2) is 39.9 Å². The molecule has 190 valence electrons. The lowest BCUT2D eigenvalue weighted by atomic mass is 9.87. The minimum Gasteiger partial charge on any atom is -0.352 e. The predicted molar refractivity (Wildman–Crippen MR) is 143 cm³/mol. The van der Waals surface area contributed by atoms with Crippen LogP contribution in [-0.2, 0) is 15.0 Å². The first-order valence-corrected chi connectivity index (χ1v) is 13.2. The van der Waals surface area contributed by atoms with E-state index >= 15 is 0 Å².